The number of nitrogens with one attached hydrogen (secondary N) is 1. The predicted octanol–water partition coefficient (Wildman–Crippen LogP) is 1.35. The molecule has 0 amide bonds. The number of esters is 2. The maximum absolute atomic E-state index is 11.7. The third kappa shape index (κ3) is 4.72. The molecular weight excluding hydrogens is 278 g/mol. The van der Waals surface area contributed by atoms with E-state index in [2.05, 4.69) is 14.8 Å². The van der Waals surface area contributed by atoms with Crippen LogP contribution in [0.2, 0.25) is 0 Å². The molecular formula is C14H17NO6. The van der Waals surface area contributed by atoms with Crippen molar-refractivity contribution in [1.82, 2.24) is 0 Å². The van der Waals surface area contributed by atoms with Gasteiger partial charge in [-0.25, -0.2) is 9.59 Å². The second-order valence-corrected chi connectivity index (χ2v) is 3.80. The highest BCUT2D eigenvalue weighted by Crippen LogP contribution is 2.26. The predicted molar refractivity (Wildman–Crippen MR) is 75.3 cm³/mol. The summed E-state index contributed by atoms with van der Waals surface area (Å²) in [6, 6.07) is 4.94. The van der Waals surface area contributed by atoms with E-state index in [1.807, 2.05) is 0 Å². The molecule has 0 saturated heterocycles. The van der Waals surface area contributed by atoms with E-state index in [1.165, 1.54) is 28.4 Å². The Labute approximate surface area is 122 Å². The monoisotopic (exact) mass is 295 g/mol. The molecule has 0 unspecified atom stereocenters. The van der Waals surface area contributed by atoms with Crippen molar-refractivity contribution in [3.63, 3.8) is 0 Å². The van der Waals surface area contributed by atoms with Gasteiger partial charge in [-0.1, -0.05) is 0 Å². The maximum atomic E-state index is 11.7. The Balaban J connectivity index is 3.11. The van der Waals surface area contributed by atoms with Crippen molar-refractivity contribution in [2.24, 2.45) is 0 Å². The molecule has 1 aromatic carbocycles. The number of hydrogen-bond donors (Lipinski definition) is 1. The summed E-state index contributed by atoms with van der Waals surface area (Å²) in [6.07, 6.45) is 0.998. The number of ether oxygens (including phenoxy) is 4. The Morgan fingerprint density at radius 3 is 1.95 bits per heavy atom. The molecule has 1 aromatic rings. The smallest absolute Gasteiger partial charge is 0.354 e. The van der Waals surface area contributed by atoms with Crippen LogP contribution in [0.15, 0.2) is 30.0 Å². The van der Waals surface area contributed by atoms with E-state index >= 15 is 0 Å². The summed E-state index contributed by atoms with van der Waals surface area (Å²) < 4.78 is 19.3. The largest absolute Gasteiger partial charge is 0.497 e. The fourth-order valence-corrected chi connectivity index (χ4v) is 1.47. The average molecular weight is 295 g/mol. The van der Waals surface area contributed by atoms with Crippen molar-refractivity contribution in [1.29, 1.82) is 0 Å². The molecule has 1 rings (SSSR count). The molecule has 0 aliphatic heterocycles. The summed E-state index contributed by atoms with van der Waals surface area (Å²) >= 11 is 0. The topological polar surface area (TPSA) is 83.1 Å². The first-order chi connectivity index (χ1) is 10.0. The summed E-state index contributed by atoms with van der Waals surface area (Å²) in [7, 11) is 5.43. The number of carbonyl (C=O) groups is 2. The Bertz CT molecular complexity index is 530. The van der Waals surface area contributed by atoms with Crippen molar-refractivity contribution < 1.29 is 28.5 Å². The lowest BCUT2D eigenvalue weighted by Crippen LogP contribution is -2.15. The lowest BCUT2D eigenvalue weighted by molar-refractivity contribution is -0.138. The second kappa shape index (κ2) is 7.78. The van der Waals surface area contributed by atoms with Crippen LogP contribution < -0.4 is 14.8 Å². The second-order valence-electron chi connectivity index (χ2n) is 3.80. The molecule has 0 aliphatic rings. The van der Waals surface area contributed by atoms with Gasteiger partial charge >= 0.3 is 11.9 Å². The number of rotatable bonds is 6. The highest BCUT2D eigenvalue weighted by molar-refractivity contribution is 5.98. The standard InChI is InChI=1S/C14H17NO6/c1-18-10-5-9(6-11(7-10)19-2)15-12(14(17)21-4)8-13(16)20-3/h5-8,15H,1-4H3/b12-8+. The normalized spacial score (nSPS) is 10.6. The molecule has 0 spiro atoms. The van der Waals surface area contributed by atoms with Crippen molar-refractivity contribution in [3.05, 3.63) is 30.0 Å². The van der Waals surface area contributed by atoms with Gasteiger partial charge in [0.15, 0.2) is 0 Å². The van der Waals surface area contributed by atoms with Crippen LogP contribution in [0.5, 0.6) is 11.5 Å². The minimum atomic E-state index is -0.706. The summed E-state index contributed by atoms with van der Waals surface area (Å²) in [4.78, 5) is 22.9. The highest BCUT2D eigenvalue weighted by Gasteiger charge is 2.13. The quantitative estimate of drug-likeness (QED) is 0.626. The first-order valence-electron chi connectivity index (χ1n) is 5.92. The summed E-state index contributed by atoms with van der Waals surface area (Å²) in [6.45, 7) is 0. The van der Waals surface area contributed by atoms with E-state index in [4.69, 9.17) is 9.47 Å². The SMILES string of the molecule is COC(=O)/C=C(/Nc1cc(OC)cc(OC)c1)C(=O)OC. The minimum absolute atomic E-state index is 0.0698. The molecule has 0 bridgehead atoms. The van der Waals surface area contributed by atoms with Crippen molar-refractivity contribution in [2.75, 3.05) is 33.8 Å². The summed E-state index contributed by atoms with van der Waals surface area (Å²) in [5.41, 5.74) is 0.423. The Morgan fingerprint density at radius 2 is 1.52 bits per heavy atom. The van der Waals surface area contributed by atoms with Crippen LogP contribution in [-0.2, 0) is 19.1 Å². The molecule has 0 aliphatic carbocycles. The number of hydrogen-bond acceptors (Lipinski definition) is 7. The van der Waals surface area contributed by atoms with Crippen molar-refractivity contribution in [3.8, 4) is 11.5 Å². The van der Waals surface area contributed by atoms with Gasteiger partial charge in [0, 0.05) is 23.9 Å². The van der Waals surface area contributed by atoms with E-state index in [9.17, 15) is 9.59 Å². The van der Waals surface area contributed by atoms with Gasteiger partial charge in [0.1, 0.15) is 17.2 Å². The number of anilines is 1. The molecule has 114 valence electrons. The van der Waals surface area contributed by atoms with Crippen LogP contribution in [0.4, 0.5) is 5.69 Å². The Morgan fingerprint density at radius 1 is 0.952 bits per heavy atom. The van der Waals surface area contributed by atoms with E-state index in [1.54, 1.807) is 18.2 Å². The number of carbonyl (C=O) groups excluding carboxylic acids is 2. The lowest BCUT2D eigenvalue weighted by Gasteiger charge is -2.12. The van der Waals surface area contributed by atoms with E-state index in [0.29, 0.717) is 17.2 Å². The van der Waals surface area contributed by atoms with Gasteiger partial charge in [-0.15, -0.1) is 0 Å². The third-order valence-electron chi connectivity index (χ3n) is 2.50. The molecule has 1 N–H and O–H groups in total. The van der Waals surface area contributed by atoms with Gasteiger partial charge in [-0.3, -0.25) is 0 Å². The molecule has 7 heteroatoms. The highest BCUT2D eigenvalue weighted by atomic mass is 16.5. The average Bonchev–Trinajstić information content (AvgIpc) is 2.52. The zero-order chi connectivity index (χ0) is 15.8. The fraction of sp³-hybridized carbons (Fsp3) is 0.286. The van der Waals surface area contributed by atoms with Crippen LogP contribution in [0, 0.1) is 0 Å². The van der Waals surface area contributed by atoms with Crippen LogP contribution in [0.25, 0.3) is 0 Å². The van der Waals surface area contributed by atoms with Gasteiger partial charge in [0.2, 0.25) is 0 Å². The third-order valence-corrected chi connectivity index (χ3v) is 2.50. The first kappa shape index (κ1) is 16.4. The Kier molecular flexibility index (Phi) is 6.06. The van der Waals surface area contributed by atoms with Gasteiger partial charge in [0.25, 0.3) is 0 Å². The van der Waals surface area contributed by atoms with Gasteiger partial charge in [-0.05, 0) is 0 Å². The fourth-order valence-electron chi connectivity index (χ4n) is 1.47. The zero-order valence-corrected chi connectivity index (χ0v) is 12.3. The molecule has 0 aromatic heterocycles. The molecule has 0 fully saturated rings. The van der Waals surface area contributed by atoms with Crippen molar-refractivity contribution >= 4 is 17.6 Å². The zero-order valence-electron chi connectivity index (χ0n) is 12.3. The number of benzene rings is 1. The maximum Gasteiger partial charge on any atom is 0.354 e. The van der Waals surface area contributed by atoms with E-state index < -0.39 is 11.9 Å². The molecule has 0 saturated carbocycles. The molecule has 21 heavy (non-hydrogen) atoms. The van der Waals surface area contributed by atoms with Crippen LogP contribution in [0.3, 0.4) is 0 Å². The molecule has 0 atom stereocenters. The number of methoxy groups -OCH3 is 4. The van der Waals surface area contributed by atoms with Crippen LogP contribution >= 0.6 is 0 Å². The minimum Gasteiger partial charge on any atom is -0.497 e. The van der Waals surface area contributed by atoms with E-state index in [0.717, 1.165) is 6.08 Å². The van der Waals surface area contributed by atoms with Gasteiger partial charge in [0.05, 0.1) is 34.5 Å². The first-order valence-corrected chi connectivity index (χ1v) is 5.92. The molecule has 0 radical (unpaired) electrons. The van der Waals surface area contributed by atoms with E-state index in [-0.39, 0.29) is 5.70 Å². The summed E-state index contributed by atoms with van der Waals surface area (Å²) in [5.74, 6) is -0.335. The molecule has 0 heterocycles. The Hall–Kier alpha value is -2.70. The summed E-state index contributed by atoms with van der Waals surface area (Å²) in [5, 5.41) is 2.77. The van der Waals surface area contributed by atoms with Gasteiger partial charge < -0.3 is 24.3 Å². The van der Waals surface area contributed by atoms with Gasteiger partial charge in [-0.2, -0.15) is 0 Å². The molecule has 7 nitrogen and oxygen atoms in total. The lowest BCUT2D eigenvalue weighted by atomic mass is 10.2. The van der Waals surface area contributed by atoms with Crippen LogP contribution in [0.1, 0.15) is 0 Å². The van der Waals surface area contributed by atoms with Crippen molar-refractivity contribution in [2.45, 2.75) is 0 Å². The van der Waals surface area contributed by atoms with Crippen LogP contribution in [-0.4, -0.2) is 40.4 Å².